The van der Waals surface area contributed by atoms with Gasteiger partial charge in [0.2, 0.25) is 11.7 Å². The Kier molecular flexibility index (Phi) is 5.02. The molecule has 0 bridgehead atoms. The van der Waals surface area contributed by atoms with Crippen LogP contribution in [0.2, 0.25) is 0 Å². The molecule has 0 saturated carbocycles. The van der Waals surface area contributed by atoms with Crippen molar-refractivity contribution in [2.45, 2.75) is 19.3 Å². The van der Waals surface area contributed by atoms with Gasteiger partial charge in [-0.15, -0.1) is 11.3 Å². The van der Waals surface area contributed by atoms with Gasteiger partial charge in [-0.2, -0.15) is 0 Å². The summed E-state index contributed by atoms with van der Waals surface area (Å²) in [6, 6.07) is 8.80. The van der Waals surface area contributed by atoms with E-state index in [9.17, 15) is 9.59 Å². The lowest BCUT2D eigenvalue weighted by Gasteiger charge is -2.24. The summed E-state index contributed by atoms with van der Waals surface area (Å²) >= 11 is 1.17. The quantitative estimate of drug-likeness (QED) is 0.592. The van der Waals surface area contributed by atoms with E-state index in [4.69, 9.17) is 19.6 Å². The summed E-state index contributed by atoms with van der Waals surface area (Å²) in [5.41, 5.74) is 8.38. The fourth-order valence-electron chi connectivity index (χ4n) is 3.51. The highest BCUT2D eigenvalue weighted by Gasteiger charge is 2.34. The van der Waals surface area contributed by atoms with Crippen LogP contribution < -0.4 is 20.5 Å². The van der Waals surface area contributed by atoms with E-state index in [0.29, 0.717) is 33.7 Å². The van der Waals surface area contributed by atoms with Gasteiger partial charge in [-0.05, 0) is 36.8 Å². The van der Waals surface area contributed by atoms with E-state index < -0.39 is 0 Å². The van der Waals surface area contributed by atoms with Gasteiger partial charge in [0.1, 0.15) is 9.88 Å². The van der Waals surface area contributed by atoms with Crippen molar-refractivity contribution in [2.75, 3.05) is 24.8 Å². The molecule has 1 aromatic carbocycles. The Labute approximate surface area is 171 Å². The molecule has 7 nitrogen and oxygen atoms in total. The lowest BCUT2D eigenvalue weighted by atomic mass is 9.86. The van der Waals surface area contributed by atoms with Crippen LogP contribution >= 0.6 is 11.3 Å². The molecule has 1 amide bonds. The highest BCUT2D eigenvalue weighted by molar-refractivity contribution is 7.19. The molecule has 29 heavy (non-hydrogen) atoms. The number of thiophene rings is 1. The van der Waals surface area contributed by atoms with Crippen LogP contribution in [0, 0.1) is 0 Å². The summed E-state index contributed by atoms with van der Waals surface area (Å²) in [5, 5.41) is 3.43. The first-order valence-corrected chi connectivity index (χ1v) is 9.96. The molecule has 0 spiro atoms. The van der Waals surface area contributed by atoms with Crippen molar-refractivity contribution in [1.29, 1.82) is 0 Å². The Morgan fingerprint density at radius 3 is 2.86 bits per heavy atom. The summed E-state index contributed by atoms with van der Waals surface area (Å²) in [6.45, 7) is 2.38. The highest BCUT2D eigenvalue weighted by Crippen LogP contribution is 2.48. The molecule has 3 heterocycles. The summed E-state index contributed by atoms with van der Waals surface area (Å²) in [4.78, 5) is 25.5. The fraction of sp³-hybridized carbons (Fsp3) is 0.238. The van der Waals surface area contributed by atoms with Crippen molar-refractivity contribution >= 4 is 33.7 Å². The van der Waals surface area contributed by atoms with Gasteiger partial charge >= 0.3 is 0 Å². The number of nitrogens with one attached hydrogen (secondary N) is 1. The van der Waals surface area contributed by atoms with Crippen LogP contribution in [0.5, 0.6) is 11.5 Å². The van der Waals surface area contributed by atoms with E-state index in [1.54, 1.807) is 19.2 Å². The molecule has 1 aliphatic heterocycles. The summed E-state index contributed by atoms with van der Waals surface area (Å²) in [5.74, 6) is 0.697. The number of nitrogen functional groups attached to an aromatic ring is 1. The van der Waals surface area contributed by atoms with Gasteiger partial charge in [0.25, 0.3) is 0 Å². The molecule has 8 heteroatoms. The highest BCUT2D eigenvalue weighted by atomic mass is 32.1. The Balaban J connectivity index is 1.79. The van der Waals surface area contributed by atoms with Crippen LogP contribution in [0.15, 0.2) is 41.0 Å². The van der Waals surface area contributed by atoms with E-state index in [0.717, 1.165) is 11.1 Å². The maximum atomic E-state index is 12.8. The molecule has 1 atom stereocenters. The largest absolute Gasteiger partial charge is 0.493 e. The molecule has 0 unspecified atom stereocenters. The Bertz CT molecular complexity index is 1070. The molecule has 150 valence electrons. The number of ether oxygens (including phenoxy) is 2. The van der Waals surface area contributed by atoms with Crippen LogP contribution in [0.1, 0.15) is 45.8 Å². The zero-order valence-corrected chi connectivity index (χ0v) is 16.8. The number of hydrogen-bond acceptors (Lipinski definition) is 7. The average Bonchev–Trinajstić information content (AvgIpc) is 3.36. The van der Waals surface area contributed by atoms with Crippen LogP contribution in [0.25, 0.3) is 0 Å². The summed E-state index contributed by atoms with van der Waals surface area (Å²) in [7, 11) is 1.58. The Morgan fingerprint density at radius 2 is 2.17 bits per heavy atom. The molecule has 2 aromatic heterocycles. The molecule has 3 N–H and O–H groups in total. The standard InChI is InChI=1S/C21H20N2O5S/c1-3-27-15-9-11(6-7-13(15)26-2)12-10-16(24)23-21-17(12)18(22)20(29-21)19(25)14-5-4-8-28-14/h4-9,12H,3,10,22H2,1-2H3,(H,23,24)/t12-/m0/s1. The molecule has 3 aromatic rings. The molecule has 4 rings (SSSR count). The maximum absolute atomic E-state index is 12.8. The van der Waals surface area contributed by atoms with Crippen molar-refractivity contribution < 1.29 is 23.5 Å². The number of methoxy groups -OCH3 is 1. The minimum Gasteiger partial charge on any atom is -0.493 e. The SMILES string of the molecule is CCOc1cc([C@@H]2CC(=O)Nc3sc(C(=O)c4ccco4)c(N)c32)ccc1OC. The van der Waals surface area contributed by atoms with Gasteiger partial charge < -0.3 is 24.9 Å². The van der Waals surface area contributed by atoms with Crippen molar-refractivity contribution in [3.63, 3.8) is 0 Å². The first kappa shape index (κ1) is 19.1. The molecule has 0 aliphatic carbocycles. The maximum Gasteiger partial charge on any atom is 0.240 e. The zero-order valence-electron chi connectivity index (χ0n) is 16.0. The molecule has 1 aliphatic rings. The number of anilines is 2. The average molecular weight is 412 g/mol. The zero-order chi connectivity index (χ0) is 20.5. The van der Waals surface area contributed by atoms with Gasteiger partial charge in [0.05, 0.1) is 25.7 Å². The van der Waals surface area contributed by atoms with Crippen LogP contribution in [0.4, 0.5) is 10.7 Å². The van der Waals surface area contributed by atoms with E-state index in [1.807, 2.05) is 25.1 Å². The molecular formula is C21H20N2O5S. The van der Waals surface area contributed by atoms with Crippen molar-refractivity contribution in [3.8, 4) is 11.5 Å². The number of rotatable bonds is 6. The van der Waals surface area contributed by atoms with Gasteiger partial charge in [0.15, 0.2) is 17.3 Å². The van der Waals surface area contributed by atoms with E-state index in [-0.39, 0.29) is 29.8 Å². The minimum absolute atomic E-state index is 0.130. The monoisotopic (exact) mass is 412 g/mol. The number of amides is 1. The Morgan fingerprint density at radius 1 is 1.34 bits per heavy atom. The van der Waals surface area contributed by atoms with Crippen LogP contribution in [-0.4, -0.2) is 25.4 Å². The molecular weight excluding hydrogens is 392 g/mol. The third-order valence-electron chi connectivity index (χ3n) is 4.82. The second-order valence-electron chi connectivity index (χ2n) is 6.54. The van der Waals surface area contributed by atoms with Gasteiger partial charge in [-0.1, -0.05) is 6.07 Å². The van der Waals surface area contributed by atoms with Gasteiger partial charge in [-0.3, -0.25) is 9.59 Å². The minimum atomic E-state index is -0.301. The third kappa shape index (κ3) is 3.36. The van der Waals surface area contributed by atoms with E-state index in [2.05, 4.69) is 5.32 Å². The number of carbonyl (C=O) groups excluding carboxylic acids is 2. The van der Waals surface area contributed by atoms with E-state index in [1.165, 1.54) is 17.6 Å². The second-order valence-corrected chi connectivity index (χ2v) is 7.56. The summed E-state index contributed by atoms with van der Waals surface area (Å²) < 4.78 is 16.2. The summed E-state index contributed by atoms with van der Waals surface area (Å²) in [6.07, 6.45) is 1.66. The smallest absolute Gasteiger partial charge is 0.240 e. The number of furan rings is 1. The molecule has 0 fully saturated rings. The number of carbonyl (C=O) groups is 2. The topological polar surface area (TPSA) is 104 Å². The van der Waals surface area contributed by atoms with Crippen LogP contribution in [-0.2, 0) is 4.79 Å². The predicted octanol–water partition coefficient (Wildman–Crippen LogP) is 4.04. The normalized spacial score (nSPS) is 15.5. The molecule has 0 radical (unpaired) electrons. The van der Waals surface area contributed by atoms with Crippen molar-refractivity contribution in [1.82, 2.24) is 0 Å². The number of ketones is 1. The predicted molar refractivity (Wildman–Crippen MR) is 110 cm³/mol. The van der Waals surface area contributed by atoms with Crippen molar-refractivity contribution in [3.05, 3.63) is 58.4 Å². The van der Waals surface area contributed by atoms with E-state index >= 15 is 0 Å². The second kappa shape index (κ2) is 7.63. The lowest BCUT2D eigenvalue weighted by Crippen LogP contribution is -2.22. The number of hydrogen-bond donors (Lipinski definition) is 2. The fourth-order valence-corrected chi connectivity index (χ4v) is 4.66. The number of nitrogens with two attached hydrogens (primary N) is 1. The van der Waals surface area contributed by atoms with Crippen LogP contribution in [0.3, 0.4) is 0 Å². The van der Waals surface area contributed by atoms with Gasteiger partial charge in [-0.25, -0.2) is 0 Å². The first-order chi connectivity index (χ1) is 14.0. The first-order valence-electron chi connectivity index (χ1n) is 9.14. The lowest BCUT2D eigenvalue weighted by molar-refractivity contribution is -0.116. The van der Waals surface area contributed by atoms with Gasteiger partial charge in [0, 0.05) is 17.9 Å². The molecule has 0 saturated heterocycles. The number of fused-ring (bicyclic) bond motifs is 1. The van der Waals surface area contributed by atoms with Crippen molar-refractivity contribution in [2.24, 2.45) is 0 Å². The Hall–Kier alpha value is -3.26. The number of benzene rings is 1. The third-order valence-corrected chi connectivity index (χ3v) is 5.95.